The first kappa shape index (κ1) is 26.0. The number of nitrogens with one attached hydrogen (secondary N) is 2. The molecule has 30 heavy (non-hydrogen) atoms. The van der Waals surface area contributed by atoms with E-state index >= 15 is 0 Å². The zero-order chi connectivity index (χ0) is 21.4. The fourth-order valence-corrected chi connectivity index (χ4v) is 3.28. The average molecular weight is 463 g/mol. The van der Waals surface area contributed by atoms with E-state index < -0.39 is 15.0 Å². The summed E-state index contributed by atoms with van der Waals surface area (Å²) in [7, 11) is -4.54. The second-order valence-corrected chi connectivity index (χ2v) is 8.43. The van der Waals surface area contributed by atoms with Crippen molar-refractivity contribution in [1.29, 1.82) is 0 Å². The molecule has 1 heterocycles. The van der Waals surface area contributed by atoms with E-state index in [1.807, 2.05) is 0 Å². The lowest BCUT2D eigenvalue weighted by Crippen LogP contribution is -2.23. The molecule has 1 aromatic carbocycles. The molecule has 0 bridgehead atoms. The van der Waals surface area contributed by atoms with Crippen LogP contribution >= 0.6 is 12.0 Å². The number of hydrogen-bond donors (Lipinski definition) is 5. The summed E-state index contributed by atoms with van der Waals surface area (Å²) in [5.41, 5.74) is 5.69. The third kappa shape index (κ3) is 8.35. The second-order valence-electron chi connectivity index (χ2n) is 6.27. The molecule has 2 aromatic rings. The van der Waals surface area contributed by atoms with Crippen LogP contribution in [0.5, 0.6) is 0 Å². The molecule has 0 fully saturated rings. The molecule has 0 spiro atoms. The highest BCUT2D eigenvalue weighted by Crippen LogP contribution is 2.30. The molecule has 2 rings (SSSR count). The van der Waals surface area contributed by atoms with Crippen LogP contribution in [0.15, 0.2) is 28.0 Å². The summed E-state index contributed by atoms with van der Waals surface area (Å²) in [5.74, 6) is 0.868. The molecule has 1 aromatic heterocycles. The lowest BCUT2D eigenvalue weighted by molar-refractivity contribution is -0.432. The first-order valence-electron chi connectivity index (χ1n) is 8.43. The number of rotatable bonds is 11. The van der Waals surface area contributed by atoms with Gasteiger partial charge in [-0.2, -0.15) is 23.4 Å². The molecule has 14 heteroatoms. The van der Waals surface area contributed by atoms with Gasteiger partial charge in [0.1, 0.15) is 10.7 Å². The van der Waals surface area contributed by atoms with Gasteiger partial charge in [0.25, 0.3) is 10.1 Å². The zero-order valence-corrected chi connectivity index (χ0v) is 17.3. The quantitative estimate of drug-likeness (QED) is 0.108. The van der Waals surface area contributed by atoms with Crippen molar-refractivity contribution in [2.45, 2.75) is 37.5 Å². The largest absolute Gasteiger partial charge is 0.368 e. The molecule has 0 atom stereocenters. The molecule has 0 radical (unpaired) electrons. The molecule has 168 valence electrons. The van der Waals surface area contributed by atoms with Crippen LogP contribution in [0.4, 0.5) is 17.6 Å². The summed E-state index contributed by atoms with van der Waals surface area (Å²) >= 11 is 0.612. The maximum atomic E-state index is 11.7. The van der Waals surface area contributed by atoms with Crippen LogP contribution < -0.4 is 16.4 Å². The Balaban J connectivity index is 0.00000450. The van der Waals surface area contributed by atoms with Crippen molar-refractivity contribution in [3.8, 4) is 0 Å². The van der Waals surface area contributed by atoms with Gasteiger partial charge in [0.05, 0.1) is 17.7 Å². The van der Waals surface area contributed by atoms with Gasteiger partial charge in [0, 0.05) is 17.9 Å². The Labute approximate surface area is 179 Å². The summed E-state index contributed by atoms with van der Waals surface area (Å²) in [4.78, 5) is 12.2. The van der Waals surface area contributed by atoms with E-state index in [9.17, 15) is 13.0 Å². The van der Waals surface area contributed by atoms with E-state index in [1.54, 1.807) is 0 Å². The normalized spacial score (nSPS) is 11.4. The highest BCUT2D eigenvalue weighted by atomic mass is 32.2. The van der Waals surface area contributed by atoms with E-state index in [2.05, 4.69) is 48.8 Å². The lowest BCUT2D eigenvalue weighted by Gasteiger charge is -2.12. The van der Waals surface area contributed by atoms with Gasteiger partial charge >= 0.3 is 0 Å². The van der Waals surface area contributed by atoms with Crippen LogP contribution in [0, 0.1) is 5.92 Å². The average Bonchev–Trinajstić information content (AvgIpc) is 2.62. The fraction of sp³-hybridized carbons (Fsp3) is 0.438. The van der Waals surface area contributed by atoms with Crippen LogP contribution in [0.25, 0.3) is 0 Å². The van der Waals surface area contributed by atoms with Crippen molar-refractivity contribution in [2.24, 2.45) is 5.92 Å². The fourth-order valence-electron chi connectivity index (χ4n) is 2.26. The molecule has 0 aliphatic heterocycles. The van der Waals surface area contributed by atoms with Crippen molar-refractivity contribution in [2.75, 3.05) is 24.1 Å². The summed E-state index contributed by atoms with van der Waals surface area (Å²) < 4.78 is 37.1. The van der Waals surface area contributed by atoms with Gasteiger partial charge in [0.15, 0.2) is 0 Å². The predicted molar refractivity (Wildman–Crippen MR) is 113 cm³/mol. The van der Waals surface area contributed by atoms with E-state index in [-0.39, 0.29) is 25.0 Å². The monoisotopic (exact) mass is 462 g/mol. The molecule has 0 saturated carbocycles. The molecule has 0 aliphatic rings. The Morgan fingerprint density at radius 1 is 1.27 bits per heavy atom. The number of nitrogens with two attached hydrogens (primary N) is 1. The second kappa shape index (κ2) is 11.9. The first-order chi connectivity index (χ1) is 13.7. The van der Waals surface area contributed by atoms with Crippen LogP contribution in [0.3, 0.4) is 0 Å². The number of nitrogens with zero attached hydrogens (tertiary/aromatic N) is 3. The van der Waals surface area contributed by atoms with Gasteiger partial charge in [-0.05, 0) is 30.7 Å². The van der Waals surface area contributed by atoms with E-state index in [0.29, 0.717) is 41.6 Å². The lowest BCUT2D eigenvalue weighted by atomic mass is 10.2. The van der Waals surface area contributed by atoms with Crippen LogP contribution in [0.1, 0.15) is 27.1 Å². The zero-order valence-electron chi connectivity index (χ0n) is 15.7. The first-order valence-corrected chi connectivity index (χ1v) is 10.6. The predicted octanol–water partition coefficient (Wildman–Crippen LogP) is 2.30. The maximum absolute atomic E-state index is 11.7. The Hall–Kier alpha value is -2.07. The number of benzene rings is 1. The number of nitrogen functional groups attached to an aromatic ring is 1. The van der Waals surface area contributed by atoms with E-state index in [4.69, 9.17) is 11.0 Å². The molecular weight excluding hydrogens is 436 g/mol. The molecule has 6 N–H and O–H groups in total. The minimum Gasteiger partial charge on any atom is -0.368 e. The van der Waals surface area contributed by atoms with E-state index in [0.717, 1.165) is 12.6 Å². The van der Waals surface area contributed by atoms with Gasteiger partial charge < -0.3 is 16.4 Å². The summed E-state index contributed by atoms with van der Waals surface area (Å²) in [6.07, 6.45) is 0.483. The summed E-state index contributed by atoms with van der Waals surface area (Å²) in [6.45, 7) is 5.65. The van der Waals surface area contributed by atoms with Crippen molar-refractivity contribution in [1.82, 2.24) is 20.3 Å². The smallest absolute Gasteiger partial charge is 0.296 e. The number of aromatic nitrogens is 3. The highest BCUT2D eigenvalue weighted by Gasteiger charge is 2.18. The van der Waals surface area contributed by atoms with Crippen molar-refractivity contribution < 1.29 is 27.6 Å². The molecule has 0 saturated heterocycles. The molecule has 0 amide bonds. The number of hydrogen-bond acceptors (Lipinski definition) is 12. The highest BCUT2D eigenvalue weighted by molar-refractivity contribution is 7.94. The van der Waals surface area contributed by atoms with Gasteiger partial charge in [-0.1, -0.05) is 26.3 Å². The van der Waals surface area contributed by atoms with Crippen molar-refractivity contribution in [3.05, 3.63) is 24.0 Å². The van der Waals surface area contributed by atoms with Crippen molar-refractivity contribution in [3.63, 3.8) is 0 Å². The molecular formula is C16H26N6O6S2. The Kier molecular flexibility index (Phi) is 10.3. The van der Waals surface area contributed by atoms with Crippen LogP contribution in [-0.2, 0) is 25.9 Å². The minimum atomic E-state index is -4.54. The third-order valence-electron chi connectivity index (χ3n) is 3.41. The van der Waals surface area contributed by atoms with Gasteiger partial charge in [-0.15, -0.1) is 4.33 Å². The van der Waals surface area contributed by atoms with Gasteiger partial charge in [-0.25, -0.2) is 5.26 Å². The molecule has 0 aliphatic carbocycles. The van der Waals surface area contributed by atoms with Crippen molar-refractivity contribution >= 4 is 39.7 Å². The maximum Gasteiger partial charge on any atom is 0.296 e. The van der Waals surface area contributed by atoms with Crippen LogP contribution in [-0.4, -0.2) is 46.3 Å². The summed E-state index contributed by atoms with van der Waals surface area (Å²) in [5, 5.41) is 17.7. The van der Waals surface area contributed by atoms with Crippen LogP contribution in [0.2, 0.25) is 0 Å². The Morgan fingerprint density at radius 2 is 2.00 bits per heavy atom. The minimum absolute atomic E-state index is 0. The van der Waals surface area contributed by atoms with E-state index in [1.165, 1.54) is 12.1 Å². The standard InChI is InChI=1S/C15H22N6O6S2.CH4/c1-9(2)8-17-6-5-13-19-14(16)21-15(20-13)18-11-7-10(28-27-26-22)3-4-12(11)29(23,24)25;/h3-4,7,9,17,22H,5-6,8H2,1-2H3,(H,23,24,25)(H3,16,18,19,20,21);1H4. The van der Waals surface area contributed by atoms with Gasteiger partial charge in [-0.3, -0.25) is 4.55 Å². The summed E-state index contributed by atoms with van der Waals surface area (Å²) in [6, 6.07) is 3.81. The SMILES string of the molecule is C.CC(C)CNCCc1nc(N)nc(Nc2cc(SOOO)ccc2S(=O)(=O)O)n1. The Bertz CT molecular complexity index is 928. The Morgan fingerprint density at radius 3 is 2.63 bits per heavy atom. The topological polar surface area (TPSA) is 182 Å². The molecule has 0 unspecified atom stereocenters. The third-order valence-corrected chi connectivity index (χ3v) is 4.90. The molecule has 12 nitrogen and oxygen atoms in total. The van der Waals surface area contributed by atoms with Gasteiger partial charge in [0.2, 0.25) is 11.9 Å². The number of anilines is 3.